The van der Waals surface area contributed by atoms with Crippen molar-refractivity contribution in [3.8, 4) is 5.75 Å². The summed E-state index contributed by atoms with van der Waals surface area (Å²) in [7, 11) is 0. The van der Waals surface area contributed by atoms with Crippen LogP contribution < -0.4 is 10.7 Å². The summed E-state index contributed by atoms with van der Waals surface area (Å²) in [6.45, 7) is -0.218. The second kappa shape index (κ2) is 7.18. The van der Waals surface area contributed by atoms with Crippen LogP contribution in [0.15, 0.2) is 29.4 Å². The Balaban J connectivity index is 1.84. The standard InChI is InChI=1S/C13H17N3O6/c17-8-4-2-1-3-7(8)5-14-16-13(21)15-12-11(20)10(19)9(18)6-22-12/h1-5,9-12,17-20H,6H2,(H2,15,16,21)/b14-5-/t9-,10+,11-,12-/m1/s1. The van der Waals surface area contributed by atoms with Gasteiger partial charge >= 0.3 is 6.03 Å². The molecule has 4 atom stereocenters. The lowest BCUT2D eigenvalue weighted by molar-refractivity contribution is -0.191. The first-order chi connectivity index (χ1) is 10.5. The van der Waals surface area contributed by atoms with Crippen LogP contribution in [0.1, 0.15) is 5.56 Å². The fourth-order valence-electron chi connectivity index (χ4n) is 1.85. The second-order valence-electron chi connectivity index (χ2n) is 4.70. The highest BCUT2D eigenvalue weighted by molar-refractivity contribution is 5.84. The molecular formula is C13H17N3O6. The zero-order valence-electron chi connectivity index (χ0n) is 11.5. The number of urea groups is 1. The molecule has 0 radical (unpaired) electrons. The Morgan fingerprint density at radius 3 is 2.73 bits per heavy atom. The lowest BCUT2D eigenvalue weighted by atomic mass is 10.0. The predicted octanol–water partition coefficient (Wildman–Crippen LogP) is -1.54. The van der Waals surface area contributed by atoms with Gasteiger partial charge < -0.3 is 30.5 Å². The first-order valence-electron chi connectivity index (χ1n) is 6.52. The fraction of sp³-hybridized carbons (Fsp3) is 0.385. The van der Waals surface area contributed by atoms with Crippen molar-refractivity contribution in [1.82, 2.24) is 10.7 Å². The molecule has 1 aliphatic rings. The summed E-state index contributed by atoms with van der Waals surface area (Å²) in [5.74, 6) is 0.0107. The number of phenols is 1. The maximum atomic E-state index is 11.6. The zero-order chi connectivity index (χ0) is 16.1. The molecule has 1 fully saturated rings. The number of para-hydroxylation sites is 1. The van der Waals surface area contributed by atoms with Crippen LogP contribution in [0.4, 0.5) is 4.79 Å². The number of hydrogen-bond acceptors (Lipinski definition) is 7. The van der Waals surface area contributed by atoms with E-state index < -0.39 is 30.6 Å². The molecule has 0 bridgehead atoms. The Labute approximate surface area is 125 Å². The molecule has 0 unspecified atom stereocenters. The van der Waals surface area contributed by atoms with Crippen molar-refractivity contribution < 1.29 is 30.0 Å². The number of nitrogens with one attached hydrogen (secondary N) is 2. The van der Waals surface area contributed by atoms with Gasteiger partial charge in [-0.15, -0.1) is 0 Å². The van der Waals surface area contributed by atoms with Gasteiger partial charge in [-0.3, -0.25) is 0 Å². The number of aliphatic hydroxyl groups excluding tert-OH is 3. The van der Waals surface area contributed by atoms with Crippen LogP contribution in [0.3, 0.4) is 0 Å². The van der Waals surface area contributed by atoms with Crippen molar-refractivity contribution in [2.45, 2.75) is 24.5 Å². The molecule has 9 heteroatoms. The van der Waals surface area contributed by atoms with Crippen molar-refractivity contribution in [2.75, 3.05) is 6.61 Å². The molecule has 6 N–H and O–H groups in total. The Bertz CT molecular complexity index is 552. The molecule has 1 aromatic carbocycles. The van der Waals surface area contributed by atoms with Crippen molar-refractivity contribution in [3.05, 3.63) is 29.8 Å². The molecule has 1 aromatic rings. The van der Waals surface area contributed by atoms with Crippen molar-refractivity contribution in [1.29, 1.82) is 0 Å². The first kappa shape index (κ1) is 16.2. The quantitative estimate of drug-likeness (QED) is 0.295. The lowest BCUT2D eigenvalue weighted by Crippen LogP contribution is -2.59. The summed E-state index contributed by atoms with van der Waals surface area (Å²) in [6.07, 6.45) is -4.01. The van der Waals surface area contributed by atoms with E-state index in [2.05, 4.69) is 15.8 Å². The van der Waals surface area contributed by atoms with Gasteiger partial charge in [0.25, 0.3) is 0 Å². The third-order valence-corrected chi connectivity index (χ3v) is 3.08. The van der Waals surface area contributed by atoms with Gasteiger partial charge in [0.1, 0.15) is 24.1 Å². The SMILES string of the molecule is O=C(N/N=C\c1ccccc1O)N[C@@H]1OC[C@@H](O)[C@H](O)[C@H]1O. The number of rotatable bonds is 3. The van der Waals surface area contributed by atoms with E-state index in [4.69, 9.17) is 4.74 Å². The Morgan fingerprint density at radius 1 is 1.27 bits per heavy atom. The minimum absolute atomic E-state index is 0.0107. The monoisotopic (exact) mass is 311 g/mol. The average Bonchev–Trinajstić information content (AvgIpc) is 2.50. The average molecular weight is 311 g/mol. The fourth-order valence-corrected chi connectivity index (χ4v) is 1.85. The number of hydrogen-bond donors (Lipinski definition) is 6. The maximum absolute atomic E-state index is 11.6. The molecule has 22 heavy (non-hydrogen) atoms. The van der Waals surface area contributed by atoms with Gasteiger partial charge in [-0.2, -0.15) is 5.10 Å². The highest BCUT2D eigenvalue weighted by Crippen LogP contribution is 2.14. The molecule has 120 valence electrons. The van der Waals surface area contributed by atoms with Crippen LogP contribution in [-0.4, -0.2) is 63.8 Å². The number of benzene rings is 1. The molecule has 0 spiro atoms. The minimum atomic E-state index is -1.46. The molecule has 2 amide bonds. The normalized spacial score (nSPS) is 28.5. The van der Waals surface area contributed by atoms with E-state index in [1.807, 2.05) is 0 Å². The van der Waals surface area contributed by atoms with Gasteiger partial charge in [-0.25, -0.2) is 10.2 Å². The van der Waals surface area contributed by atoms with Crippen LogP contribution in [0.5, 0.6) is 5.75 Å². The van der Waals surface area contributed by atoms with Crippen molar-refractivity contribution in [2.24, 2.45) is 5.10 Å². The minimum Gasteiger partial charge on any atom is -0.507 e. The van der Waals surface area contributed by atoms with E-state index in [1.165, 1.54) is 12.3 Å². The summed E-state index contributed by atoms with van der Waals surface area (Å²) in [6, 6.07) is 5.64. The third-order valence-electron chi connectivity index (χ3n) is 3.08. The first-order valence-corrected chi connectivity index (χ1v) is 6.52. The van der Waals surface area contributed by atoms with Crippen molar-refractivity contribution in [3.63, 3.8) is 0 Å². The molecule has 1 aliphatic heterocycles. The van der Waals surface area contributed by atoms with Gasteiger partial charge in [0.15, 0.2) is 6.23 Å². The highest BCUT2D eigenvalue weighted by Gasteiger charge is 2.38. The van der Waals surface area contributed by atoms with E-state index >= 15 is 0 Å². The third kappa shape index (κ3) is 3.92. The van der Waals surface area contributed by atoms with Gasteiger partial charge in [0.05, 0.1) is 12.8 Å². The molecule has 1 saturated heterocycles. The summed E-state index contributed by atoms with van der Waals surface area (Å²) < 4.78 is 5.00. The Morgan fingerprint density at radius 2 is 2.00 bits per heavy atom. The van der Waals surface area contributed by atoms with Gasteiger partial charge in [0, 0.05) is 5.56 Å². The number of hydrazone groups is 1. The summed E-state index contributed by atoms with van der Waals surface area (Å²) >= 11 is 0. The predicted molar refractivity (Wildman–Crippen MR) is 75.1 cm³/mol. The molecule has 1 heterocycles. The molecule has 0 aliphatic carbocycles. The molecule has 2 rings (SSSR count). The number of nitrogens with zero attached hydrogens (tertiary/aromatic N) is 1. The van der Waals surface area contributed by atoms with Crippen LogP contribution in [0.25, 0.3) is 0 Å². The summed E-state index contributed by atoms with van der Waals surface area (Å²) in [5.41, 5.74) is 2.54. The number of ether oxygens (including phenoxy) is 1. The van der Waals surface area contributed by atoms with Gasteiger partial charge in [0.2, 0.25) is 0 Å². The lowest BCUT2D eigenvalue weighted by Gasteiger charge is -2.35. The van der Waals surface area contributed by atoms with Gasteiger partial charge in [-0.05, 0) is 12.1 Å². The summed E-state index contributed by atoms with van der Waals surface area (Å²) in [4.78, 5) is 11.6. The summed E-state index contributed by atoms with van der Waals surface area (Å²) in [5, 5.41) is 43.8. The van der Waals surface area contributed by atoms with Crippen LogP contribution in [0, 0.1) is 0 Å². The molecule has 9 nitrogen and oxygen atoms in total. The number of carbonyl (C=O) groups excluding carboxylic acids is 1. The second-order valence-corrected chi connectivity index (χ2v) is 4.70. The number of amides is 2. The maximum Gasteiger partial charge on any atom is 0.337 e. The van der Waals surface area contributed by atoms with E-state index in [0.717, 1.165) is 0 Å². The number of aliphatic hydroxyl groups is 3. The van der Waals surface area contributed by atoms with Crippen LogP contribution in [-0.2, 0) is 4.74 Å². The highest BCUT2D eigenvalue weighted by atomic mass is 16.5. The van der Waals surface area contributed by atoms with Crippen LogP contribution in [0.2, 0.25) is 0 Å². The Kier molecular flexibility index (Phi) is 5.28. The number of carbonyl (C=O) groups is 1. The Hall–Kier alpha value is -2.20. The smallest absolute Gasteiger partial charge is 0.337 e. The zero-order valence-corrected chi connectivity index (χ0v) is 11.5. The molecular weight excluding hydrogens is 294 g/mol. The van der Waals surface area contributed by atoms with E-state index in [9.17, 15) is 25.2 Å². The topological polar surface area (TPSA) is 144 Å². The van der Waals surface area contributed by atoms with Crippen molar-refractivity contribution >= 4 is 12.2 Å². The molecule has 0 saturated carbocycles. The number of aromatic hydroxyl groups is 1. The molecule has 0 aromatic heterocycles. The van der Waals surface area contributed by atoms with E-state index in [0.29, 0.717) is 5.56 Å². The van der Waals surface area contributed by atoms with Gasteiger partial charge in [-0.1, -0.05) is 12.1 Å². The van der Waals surface area contributed by atoms with E-state index in [-0.39, 0.29) is 12.4 Å². The van der Waals surface area contributed by atoms with Crippen LogP contribution >= 0.6 is 0 Å². The van der Waals surface area contributed by atoms with E-state index in [1.54, 1.807) is 18.2 Å². The number of phenolic OH excluding ortho intramolecular Hbond substituents is 1. The largest absolute Gasteiger partial charge is 0.507 e.